The quantitative estimate of drug-likeness (QED) is 0.512. The summed E-state index contributed by atoms with van der Waals surface area (Å²) in [7, 11) is 0. The highest BCUT2D eigenvalue weighted by Gasteiger charge is 2.06. The number of halogens is 2. The van der Waals surface area contributed by atoms with Crippen LogP contribution in [0.25, 0.3) is 0 Å². The van der Waals surface area contributed by atoms with E-state index in [9.17, 15) is 13.6 Å². The summed E-state index contributed by atoms with van der Waals surface area (Å²) >= 11 is 4.17. The monoisotopic (exact) mass is 199 g/mol. The fourth-order valence-electron chi connectivity index (χ4n) is 0.783. The second kappa shape index (κ2) is 3.98. The molecule has 0 aliphatic rings. The van der Waals surface area contributed by atoms with Gasteiger partial charge in [-0.25, -0.2) is 8.78 Å². The van der Waals surface area contributed by atoms with Crippen LogP contribution in [0.3, 0.4) is 0 Å². The molecule has 0 atom stereocenters. The molecule has 2 nitrogen and oxygen atoms in total. The van der Waals surface area contributed by atoms with Crippen molar-refractivity contribution >= 4 is 23.3 Å². The minimum Gasteiger partial charge on any atom is -0.266 e. The van der Waals surface area contributed by atoms with Crippen LogP contribution >= 0.6 is 12.2 Å². The van der Waals surface area contributed by atoms with Crippen molar-refractivity contribution in [1.82, 2.24) is 0 Å². The standard InChI is InChI=1S/C8H3F2NOS/c9-6-1-5(2-7(10)3-6)8(12)11-4-13/h1-3H. The molecule has 13 heavy (non-hydrogen) atoms. The predicted octanol–water partition coefficient (Wildman–Crippen LogP) is 2.21. The second-order valence-electron chi connectivity index (χ2n) is 2.17. The molecule has 0 spiro atoms. The Labute approximate surface area is 77.9 Å². The van der Waals surface area contributed by atoms with Gasteiger partial charge >= 0.3 is 0 Å². The first-order chi connectivity index (χ1) is 6.13. The number of thiocarbonyl (C=S) groups is 1. The van der Waals surface area contributed by atoms with Crippen LogP contribution in [-0.4, -0.2) is 11.1 Å². The number of carbonyl (C=O) groups excluding carboxylic acids is 1. The zero-order chi connectivity index (χ0) is 9.84. The maximum atomic E-state index is 12.5. The number of benzene rings is 1. The Bertz CT molecular complexity index is 379. The lowest BCUT2D eigenvalue weighted by molar-refractivity contribution is 0.100. The number of nitrogens with zero attached hydrogens (tertiary/aromatic N) is 1. The molecule has 0 heterocycles. The Morgan fingerprint density at radius 3 is 2.31 bits per heavy atom. The SMILES string of the molecule is O=C(N=C=S)c1cc(F)cc(F)c1. The molecule has 0 aromatic heterocycles. The first-order valence-electron chi connectivity index (χ1n) is 3.22. The number of aliphatic imine (C=N–C) groups is 1. The summed E-state index contributed by atoms with van der Waals surface area (Å²) in [6.45, 7) is 0. The predicted molar refractivity (Wildman–Crippen MR) is 45.7 cm³/mol. The fraction of sp³-hybridized carbons (Fsp3) is 0. The molecule has 5 heteroatoms. The highest BCUT2D eigenvalue weighted by Crippen LogP contribution is 2.08. The van der Waals surface area contributed by atoms with Gasteiger partial charge in [-0.2, -0.15) is 4.99 Å². The molecule has 66 valence electrons. The van der Waals surface area contributed by atoms with Crippen molar-refractivity contribution in [2.45, 2.75) is 0 Å². The highest BCUT2D eigenvalue weighted by molar-refractivity contribution is 7.78. The van der Waals surface area contributed by atoms with Crippen molar-refractivity contribution in [3.05, 3.63) is 35.4 Å². The van der Waals surface area contributed by atoms with E-state index in [1.807, 2.05) is 5.16 Å². The lowest BCUT2D eigenvalue weighted by atomic mass is 10.2. The first-order valence-corrected chi connectivity index (χ1v) is 3.62. The van der Waals surface area contributed by atoms with Gasteiger partial charge in [-0.15, -0.1) is 0 Å². The molecule has 0 aliphatic heterocycles. The van der Waals surface area contributed by atoms with E-state index in [-0.39, 0.29) is 5.56 Å². The van der Waals surface area contributed by atoms with Crippen molar-refractivity contribution < 1.29 is 13.6 Å². The Morgan fingerprint density at radius 1 is 1.31 bits per heavy atom. The molecule has 0 saturated heterocycles. The molecule has 0 bridgehead atoms. The minimum absolute atomic E-state index is 0.185. The van der Waals surface area contributed by atoms with Crippen molar-refractivity contribution in [3.63, 3.8) is 0 Å². The third kappa shape index (κ3) is 2.50. The molecule has 1 amide bonds. The molecule has 0 unspecified atom stereocenters. The number of hydrogen-bond acceptors (Lipinski definition) is 2. The molecule has 1 aromatic rings. The zero-order valence-corrected chi connectivity index (χ0v) is 7.07. The van der Waals surface area contributed by atoms with E-state index in [2.05, 4.69) is 17.2 Å². The van der Waals surface area contributed by atoms with E-state index in [0.717, 1.165) is 12.1 Å². The molecule has 1 rings (SSSR count). The lowest BCUT2D eigenvalue weighted by Gasteiger charge is -1.94. The van der Waals surface area contributed by atoms with Gasteiger partial charge in [0, 0.05) is 11.6 Å². The molecule has 0 N–H and O–H groups in total. The maximum Gasteiger partial charge on any atom is 0.286 e. The minimum atomic E-state index is -0.831. The van der Waals surface area contributed by atoms with Crippen LogP contribution in [0.5, 0.6) is 0 Å². The third-order valence-electron chi connectivity index (χ3n) is 1.26. The van der Waals surface area contributed by atoms with Crippen LogP contribution in [0.15, 0.2) is 23.2 Å². The molecule has 1 aromatic carbocycles. The van der Waals surface area contributed by atoms with Gasteiger partial charge in [0.2, 0.25) is 0 Å². The molecular formula is C8H3F2NOS. The van der Waals surface area contributed by atoms with Crippen LogP contribution in [-0.2, 0) is 0 Å². The summed E-state index contributed by atoms with van der Waals surface area (Å²) in [6.07, 6.45) is 0. The number of hydrogen-bond donors (Lipinski definition) is 0. The average Bonchev–Trinajstić information content (AvgIpc) is 2.03. The van der Waals surface area contributed by atoms with Crippen molar-refractivity contribution in [1.29, 1.82) is 0 Å². The summed E-state index contributed by atoms with van der Waals surface area (Å²) in [4.78, 5) is 14.0. The van der Waals surface area contributed by atoms with Crippen molar-refractivity contribution in [3.8, 4) is 0 Å². The topological polar surface area (TPSA) is 29.4 Å². The van der Waals surface area contributed by atoms with Gasteiger partial charge in [-0.3, -0.25) is 4.79 Å². The van der Waals surface area contributed by atoms with Crippen LogP contribution in [0, 0.1) is 11.6 Å². The average molecular weight is 199 g/mol. The van der Waals surface area contributed by atoms with E-state index >= 15 is 0 Å². The Hall–Kier alpha value is -1.45. The summed E-state index contributed by atoms with van der Waals surface area (Å²) in [5.74, 6) is -2.47. The maximum absolute atomic E-state index is 12.5. The summed E-state index contributed by atoms with van der Waals surface area (Å²) in [5.41, 5.74) is -0.185. The molecule has 0 fully saturated rings. The molecule has 0 saturated carbocycles. The van der Waals surface area contributed by atoms with Gasteiger partial charge in [-0.1, -0.05) is 0 Å². The smallest absolute Gasteiger partial charge is 0.266 e. The molecule has 0 radical (unpaired) electrons. The molecule has 0 aliphatic carbocycles. The van der Waals surface area contributed by atoms with Gasteiger partial charge < -0.3 is 0 Å². The normalized spacial score (nSPS) is 9.08. The van der Waals surface area contributed by atoms with Gasteiger partial charge in [0.25, 0.3) is 5.91 Å². The summed E-state index contributed by atoms with van der Waals surface area (Å²) in [6, 6.07) is 2.42. The summed E-state index contributed by atoms with van der Waals surface area (Å²) in [5, 5.41) is 1.82. The summed E-state index contributed by atoms with van der Waals surface area (Å²) < 4.78 is 25.1. The van der Waals surface area contributed by atoms with E-state index in [0.29, 0.717) is 6.07 Å². The fourth-order valence-corrected chi connectivity index (χ4v) is 0.866. The number of amides is 1. The number of rotatable bonds is 1. The van der Waals surface area contributed by atoms with E-state index in [1.165, 1.54) is 0 Å². The van der Waals surface area contributed by atoms with Gasteiger partial charge in [0.1, 0.15) is 11.6 Å². The van der Waals surface area contributed by atoms with Crippen LogP contribution < -0.4 is 0 Å². The van der Waals surface area contributed by atoms with E-state index in [4.69, 9.17) is 0 Å². The largest absolute Gasteiger partial charge is 0.286 e. The second-order valence-corrected chi connectivity index (χ2v) is 2.35. The highest BCUT2D eigenvalue weighted by atomic mass is 32.1. The van der Waals surface area contributed by atoms with Crippen molar-refractivity contribution in [2.24, 2.45) is 4.99 Å². The Morgan fingerprint density at radius 2 is 1.85 bits per heavy atom. The Kier molecular flexibility index (Phi) is 2.95. The number of isothiocyanates is 1. The van der Waals surface area contributed by atoms with Gasteiger partial charge in [-0.05, 0) is 24.4 Å². The first kappa shape index (κ1) is 9.64. The van der Waals surface area contributed by atoms with Crippen LogP contribution in [0.1, 0.15) is 10.4 Å². The third-order valence-corrected chi connectivity index (χ3v) is 1.35. The zero-order valence-electron chi connectivity index (χ0n) is 6.25. The van der Waals surface area contributed by atoms with Gasteiger partial charge in [0.15, 0.2) is 0 Å². The van der Waals surface area contributed by atoms with Gasteiger partial charge in [0.05, 0.1) is 5.16 Å². The van der Waals surface area contributed by atoms with E-state index in [1.54, 1.807) is 0 Å². The van der Waals surface area contributed by atoms with Crippen molar-refractivity contribution in [2.75, 3.05) is 0 Å². The molecular weight excluding hydrogens is 196 g/mol. The van der Waals surface area contributed by atoms with Crippen LogP contribution in [0.2, 0.25) is 0 Å². The van der Waals surface area contributed by atoms with E-state index < -0.39 is 17.5 Å². The Balaban J connectivity index is 3.15. The lowest BCUT2D eigenvalue weighted by Crippen LogP contribution is -1.96. The number of carbonyl (C=O) groups is 1. The van der Waals surface area contributed by atoms with Crippen LogP contribution in [0.4, 0.5) is 8.78 Å².